The first-order chi connectivity index (χ1) is 12.9. The molecule has 0 bridgehead atoms. The lowest BCUT2D eigenvalue weighted by Gasteiger charge is -2.33. The predicted molar refractivity (Wildman–Crippen MR) is 107 cm³/mol. The first-order valence-corrected chi connectivity index (χ1v) is 11.5. The van der Waals surface area contributed by atoms with E-state index >= 15 is 0 Å². The molecule has 0 spiro atoms. The second kappa shape index (κ2) is 9.09. The molecule has 0 aromatic heterocycles. The summed E-state index contributed by atoms with van der Waals surface area (Å²) < 4.78 is 27.0. The van der Waals surface area contributed by atoms with Gasteiger partial charge >= 0.3 is 0 Å². The van der Waals surface area contributed by atoms with Crippen molar-refractivity contribution in [2.75, 3.05) is 32.7 Å². The van der Waals surface area contributed by atoms with Crippen molar-refractivity contribution in [3.05, 3.63) is 28.2 Å². The van der Waals surface area contributed by atoms with Crippen LogP contribution in [0.4, 0.5) is 0 Å². The van der Waals surface area contributed by atoms with E-state index in [0.717, 1.165) is 12.8 Å². The number of carbonyl (C=O) groups excluding carboxylic acids is 1. The molecular weight excluding hydrogens is 409 g/mol. The summed E-state index contributed by atoms with van der Waals surface area (Å²) in [5.74, 6) is 0.0905. The van der Waals surface area contributed by atoms with Crippen LogP contribution in [0.3, 0.4) is 0 Å². The number of sulfonamides is 1. The van der Waals surface area contributed by atoms with E-state index in [-0.39, 0.29) is 15.8 Å². The molecule has 2 aliphatic rings. The molecule has 1 amide bonds. The molecule has 1 saturated carbocycles. The first-order valence-electron chi connectivity index (χ1n) is 9.33. The Hall–Kier alpha value is -0.860. The quantitative estimate of drug-likeness (QED) is 0.748. The Balaban J connectivity index is 1.47. The topological polar surface area (TPSA) is 69.7 Å². The van der Waals surface area contributed by atoms with Gasteiger partial charge in [0.1, 0.15) is 0 Å². The molecule has 27 heavy (non-hydrogen) atoms. The number of hydrogen-bond donors (Lipinski definition) is 1. The summed E-state index contributed by atoms with van der Waals surface area (Å²) in [5, 5.41) is 3.64. The second-order valence-corrected chi connectivity index (χ2v) is 9.87. The lowest BCUT2D eigenvalue weighted by Crippen LogP contribution is -2.49. The number of piperazine rings is 1. The molecule has 1 aliphatic heterocycles. The molecule has 0 atom stereocenters. The maximum absolute atomic E-state index is 12.8. The summed E-state index contributed by atoms with van der Waals surface area (Å²) in [6.45, 7) is 2.66. The van der Waals surface area contributed by atoms with Crippen LogP contribution in [0.15, 0.2) is 23.1 Å². The zero-order valence-electron chi connectivity index (χ0n) is 15.2. The Morgan fingerprint density at radius 1 is 1.07 bits per heavy atom. The molecule has 9 heteroatoms. The van der Waals surface area contributed by atoms with Gasteiger partial charge in [-0.2, -0.15) is 4.31 Å². The highest BCUT2D eigenvalue weighted by atomic mass is 35.5. The van der Waals surface area contributed by atoms with Crippen molar-refractivity contribution >= 4 is 39.1 Å². The number of amides is 1. The third-order valence-electron chi connectivity index (χ3n) is 5.24. The zero-order chi connectivity index (χ0) is 19.4. The van der Waals surface area contributed by atoms with Crippen LogP contribution >= 0.6 is 23.2 Å². The fourth-order valence-corrected chi connectivity index (χ4v) is 5.42. The lowest BCUT2D eigenvalue weighted by atomic mass is 10.2. The van der Waals surface area contributed by atoms with Gasteiger partial charge in [-0.1, -0.05) is 36.0 Å². The molecular formula is C18H25Cl2N3O3S. The molecule has 1 heterocycles. The van der Waals surface area contributed by atoms with Crippen LogP contribution in [-0.4, -0.2) is 62.3 Å². The van der Waals surface area contributed by atoms with Gasteiger partial charge in [0.2, 0.25) is 15.9 Å². The summed E-state index contributed by atoms with van der Waals surface area (Å²) in [6.07, 6.45) is 5.00. The molecule has 6 nitrogen and oxygen atoms in total. The Morgan fingerprint density at radius 2 is 1.74 bits per heavy atom. The second-order valence-electron chi connectivity index (χ2n) is 7.12. The molecule has 1 saturated heterocycles. The molecule has 1 aromatic carbocycles. The standard InChI is InChI=1S/C18H25Cl2N3O3S/c19-16-6-5-15(13-17(16)20)27(25,26)23-11-9-22(10-12-23)8-7-18(24)21-14-3-1-2-4-14/h5-6,13-14H,1-4,7-12H2,(H,21,24). The number of halogens is 2. The fraction of sp³-hybridized carbons (Fsp3) is 0.611. The fourth-order valence-electron chi connectivity index (χ4n) is 3.61. The number of nitrogens with one attached hydrogen (secondary N) is 1. The smallest absolute Gasteiger partial charge is 0.243 e. The predicted octanol–water partition coefficient (Wildman–Crippen LogP) is 2.75. The number of hydrogen-bond acceptors (Lipinski definition) is 4. The largest absolute Gasteiger partial charge is 0.353 e. The van der Waals surface area contributed by atoms with Crippen molar-refractivity contribution in [3.8, 4) is 0 Å². The van der Waals surface area contributed by atoms with Crippen LogP contribution in [0.25, 0.3) is 0 Å². The minimum absolute atomic E-state index is 0.0905. The Bertz CT molecular complexity index is 774. The number of benzene rings is 1. The molecule has 1 aromatic rings. The number of nitrogens with zero attached hydrogens (tertiary/aromatic N) is 2. The van der Waals surface area contributed by atoms with E-state index in [1.54, 1.807) is 0 Å². The summed E-state index contributed by atoms with van der Waals surface area (Å²) in [5.41, 5.74) is 0. The molecule has 2 fully saturated rings. The third-order valence-corrected chi connectivity index (χ3v) is 7.87. The van der Waals surface area contributed by atoms with Crippen LogP contribution in [0.5, 0.6) is 0 Å². The van der Waals surface area contributed by atoms with Crippen molar-refractivity contribution < 1.29 is 13.2 Å². The monoisotopic (exact) mass is 433 g/mol. The molecule has 0 unspecified atom stereocenters. The van der Waals surface area contributed by atoms with Gasteiger partial charge in [0.25, 0.3) is 0 Å². The Labute approximate surface area is 170 Å². The SMILES string of the molecule is O=C(CCN1CCN(S(=O)(=O)c2ccc(Cl)c(Cl)c2)CC1)NC1CCCC1. The van der Waals surface area contributed by atoms with Crippen molar-refractivity contribution in [2.45, 2.75) is 43.0 Å². The molecule has 3 rings (SSSR count). The summed E-state index contributed by atoms with van der Waals surface area (Å²) in [4.78, 5) is 14.3. The molecule has 150 valence electrons. The number of rotatable bonds is 6. The van der Waals surface area contributed by atoms with Gasteiger partial charge < -0.3 is 10.2 Å². The van der Waals surface area contributed by atoms with Crippen molar-refractivity contribution in [1.82, 2.24) is 14.5 Å². The minimum Gasteiger partial charge on any atom is -0.353 e. The normalized spacial score (nSPS) is 20.1. The highest BCUT2D eigenvalue weighted by Crippen LogP contribution is 2.27. The van der Waals surface area contributed by atoms with E-state index in [2.05, 4.69) is 10.2 Å². The van der Waals surface area contributed by atoms with E-state index in [0.29, 0.717) is 50.2 Å². The van der Waals surface area contributed by atoms with Gasteiger partial charge in [0.15, 0.2) is 0 Å². The number of carbonyl (C=O) groups is 1. The average molecular weight is 434 g/mol. The van der Waals surface area contributed by atoms with E-state index < -0.39 is 10.0 Å². The van der Waals surface area contributed by atoms with Crippen molar-refractivity contribution in [3.63, 3.8) is 0 Å². The van der Waals surface area contributed by atoms with Gasteiger partial charge in [-0.15, -0.1) is 0 Å². The molecule has 1 aliphatic carbocycles. The molecule has 0 radical (unpaired) electrons. The van der Waals surface area contributed by atoms with E-state index in [4.69, 9.17) is 23.2 Å². The Kier molecular flexibility index (Phi) is 7.03. The Morgan fingerprint density at radius 3 is 2.37 bits per heavy atom. The van der Waals surface area contributed by atoms with Crippen LogP contribution in [0.2, 0.25) is 10.0 Å². The average Bonchev–Trinajstić information content (AvgIpc) is 3.15. The lowest BCUT2D eigenvalue weighted by molar-refractivity contribution is -0.122. The summed E-state index contributed by atoms with van der Waals surface area (Å²) >= 11 is 11.8. The van der Waals surface area contributed by atoms with Crippen LogP contribution in [-0.2, 0) is 14.8 Å². The van der Waals surface area contributed by atoms with Crippen LogP contribution in [0.1, 0.15) is 32.1 Å². The first kappa shape index (κ1) is 20.9. The van der Waals surface area contributed by atoms with Crippen LogP contribution in [0, 0.1) is 0 Å². The minimum atomic E-state index is -3.59. The maximum atomic E-state index is 12.8. The van der Waals surface area contributed by atoms with Gasteiger partial charge in [-0.3, -0.25) is 4.79 Å². The van der Waals surface area contributed by atoms with Crippen molar-refractivity contribution in [1.29, 1.82) is 0 Å². The van der Waals surface area contributed by atoms with E-state index in [1.807, 2.05) is 0 Å². The summed E-state index contributed by atoms with van der Waals surface area (Å²) in [7, 11) is -3.59. The highest BCUT2D eigenvalue weighted by molar-refractivity contribution is 7.89. The van der Waals surface area contributed by atoms with Gasteiger partial charge in [-0.25, -0.2) is 8.42 Å². The van der Waals surface area contributed by atoms with Gasteiger partial charge in [0, 0.05) is 45.2 Å². The zero-order valence-corrected chi connectivity index (χ0v) is 17.5. The van der Waals surface area contributed by atoms with Crippen molar-refractivity contribution in [2.24, 2.45) is 0 Å². The van der Waals surface area contributed by atoms with Gasteiger partial charge in [-0.05, 0) is 31.0 Å². The summed E-state index contributed by atoms with van der Waals surface area (Å²) in [6, 6.07) is 4.70. The van der Waals surface area contributed by atoms with E-state index in [9.17, 15) is 13.2 Å². The maximum Gasteiger partial charge on any atom is 0.243 e. The highest BCUT2D eigenvalue weighted by Gasteiger charge is 2.29. The van der Waals surface area contributed by atoms with Gasteiger partial charge in [0.05, 0.1) is 14.9 Å². The van der Waals surface area contributed by atoms with Crippen LogP contribution < -0.4 is 5.32 Å². The molecule has 1 N–H and O–H groups in total. The third kappa shape index (κ3) is 5.35. The van der Waals surface area contributed by atoms with E-state index in [1.165, 1.54) is 35.3 Å².